The molecule has 1 nitrogen and oxygen atoms in total. The van der Waals surface area contributed by atoms with Gasteiger partial charge in [0.2, 0.25) is 0 Å². The predicted molar refractivity (Wildman–Crippen MR) is 83.4 cm³/mol. The standard InChI is InChI=1S/C18H29N/c1-3-8-15-11-7-12-17(13-15)18(19-4-2)14-16-9-5-6-10-16/h7,11-13,16,18-19H,3-6,8-10,14H2,1-2H3. The van der Waals surface area contributed by atoms with Gasteiger partial charge in [-0.05, 0) is 36.4 Å². The molecule has 1 saturated carbocycles. The molecule has 0 amide bonds. The van der Waals surface area contributed by atoms with Gasteiger partial charge in [-0.15, -0.1) is 0 Å². The van der Waals surface area contributed by atoms with Crippen LogP contribution in [0.25, 0.3) is 0 Å². The molecule has 1 atom stereocenters. The Labute approximate surface area is 118 Å². The second-order valence-corrected chi connectivity index (χ2v) is 5.99. The van der Waals surface area contributed by atoms with Crippen LogP contribution in [0.1, 0.15) is 69.5 Å². The van der Waals surface area contributed by atoms with Gasteiger partial charge in [0.25, 0.3) is 0 Å². The molecule has 1 aliphatic carbocycles. The zero-order chi connectivity index (χ0) is 13.5. The van der Waals surface area contributed by atoms with E-state index in [0.717, 1.165) is 12.5 Å². The third kappa shape index (κ3) is 4.35. The van der Waals surface area contributed by atoms with Gasteiger partial charge in [-0.2, -0.15) is 0 Å². The molecule has 1 N–H and O–H groups in total. The van der Waals surface area contributed by atoms with Gasteiger partial charge in [0.05, 0.1) is 0 Å². The van der Waals surface area contributed by atoms with Crippen molar-refractivity contribution in [2.75, 3.05) is 6.54 Å². The summed E-state index contributed by atoms with van der Waals surface area (Å²) in [5.41, 5.74) is 2.99. The van der Waals surface area contributed by atoms with Crippen molar-refractivity contribution < 1.29 is 0 Å². The largest absolute Gasteiger partial charge is 0.310 e. The molecule has 1 aromatic rings. The first-order valence-corrected chi connectivity index (χ1v) is 8.15. The smallest absolute Gasteiger partial charge is 0.0322 e. The van der Waals surface area contributed by atoms with E-state index in [2.05, 4.69) is 43.4 Å². The van der Waals surface area contributed by atoms with Crippen LogP contribution < -0.4 is 5.32 Å². The molecule has 1 fully saturated rings. The zero-order valence-electron chi connectivity index (χ0n) is 12.6. The van der Waals surface area contributed by atoms with E-state index in [0.29, 0.717) is 6.04 Å². The van der Waals surface area contributed by atoms with Gasteiger partial charge in [0, 0.05) is 6.04 Å². The van der Waals surface area contributed by atoms with E-state index in [9.17, 15) is 0 Å². The normalized spacial score (nSPS) is 17.8. The molecule has 0 bridgehead atoms. The van der Waals surface area contributed by atoms with E-state index in [-0.39, 0.29) is 0 Å². The Balaban J connectivity index is 2.05. The highest BCUT2D eigenvalue weighted by Gasteiger charge is 2.20. The molecule has 2 rings (SSSR count). The number of benzene rings is 1. The molecule has 0 aliphatic heterocycles. The minimum atomic E-state index is 0.560. The van der Waals surface area contributed by atoms with E-state index < -0.39 is 0 Å². The number of rotatable bonds is 7. The minimum Gasteiger partial charge on any atom is -0.310 e. The molecule has 1 aliphatic rings. The van der Waals surface area contributed by atoms with Gasteiger partial charge in [0.15, 0.2) is 0 Å². The zero-order valence-corrected chi connectivity index (χ0v) is 12.6. The summed E-state index contributed by atoms with van der Waals surface area (Å²) < 4.78 is 0. The average Bonchev–Trinajstić information content (AvgIpc) is 2.92. The summed E-state index contributed by atoms with van der Waals surface area (Å²) in [7, 11) is 0. The molecule has 0 aromatic heterocycles. The topological polar surface area (TPSA) is 12.0 Å². The van der Waals surface area contributed by atoms with Crippen molar-refractivity contribution in [3.8, 4) is 0 Å². The van der Waals surface area contributed by atoms with Crippen molar-refractivity contribution in [2.24, 2.45) is 5.92 Å². The Kier molecular flexibility index (Phi) is 5.91. The molecule has 0 radical (unpaired) electrons. The number of aryl methyl sites for hydroxylation is 1. The Hall–Kier alpha value is -0.820. The lowest BCUT2D eigenvalue weighted by Gasteiger charge is -2.22. The highest BCUT2D eigenvalue weighted by Crippen LogP contribution is 2.33. The summed E-state index contributed by atoms with van der Waals surface area (Å²) in [6.07, 6.45) is 9.53. The van der Waals surface area contributed by atoms with Crippen LogP contribution in [0.15, 0.2) is 24.3 Å². The molecule has 0 saturated heterocycles. The first-order chi connectivity index (χ1) is 9.33. The lowest BCUT2D eigenvalue weighted by atomic mass is 9.92. The van der Waals surface area contributed by atoms with Crippen LogP contribution in [0.4, 0.5) is 0 Å². The maximum atomic E-state index is 3.70. The molecule has 0 heterocycles. The van der Waals surface area contributed by atoms with Crippen LogP contribution in [-0.4, -0.2) is 6.54 Å². The SMILES string of the molecule is CCCc1cccc(C(CC2CCCC2)NCC)c1. The van der Waals surface area contributed by atoms with Crippen LogP contribution in [0.2, 0.25) is 0 Å². The van der Waals surface area contributed by atoms with Gasteiger partial charge in [0.1, 0.15) is 0 Å². The van der Waals surface area contributed by atoms with Gasteiger partial charge in [-0.25, -0.2) is 0 Å². The summed E-state index contributed by atoms with van der Waals surface area (Å²) in [6.45, 7) is 5.54. The van der Waals surface area contributed by atoms with Crippen LogP contribution in [0, 0.1) is 5.92 Å². The van der Waals surface area contributed by atoms with E-state index in [1.54, 1.807) is 0 Å². The molecular formula is C18H29N. The first kappa shape index (κ1) is 14.6. The predicted octanol–water partition coefficient (Wildman–Crippen LogP) is 4.87. The highest BCUT2D eigenvalue weighted by atomic mass is 14.9. The maximum Gasteiger partial charge on any atom is 0.0322 e. The van der Waals surface area contributed by atoms with Crippen LogP contribution in [0.3, 0.4) is 0 Å². The number of nitrogens with one attached hydrogen (secondary N) is 1. The van der Waals surface area contributed by atoms with Crippen molar-refractivity contribution >= 4 is 0 Å². The quantitative estimate of drug-likeness (QED) is 0.736. The summed E-state index contributed by atoms with van der Waals surface area (Å²) >= 11 is 0. The monoisotopic (exact) mass is 259 g/mol. The minimum absolute atomic E-state index is 0.560. The Morgan fingerprint density at radius 3 is 2.68 bits per heavy atom. The molecule has 106 valence electrons. The second kappa shape index (κ2) is 7.69. The van der Waals surface area contributed by atoms with E-state index in [1.807, 2.05) is 0 Å². The summed E-state index contributed by atoms with van der Waals surface area (Å²) in [6, 6.07) is 9.79. The van der Waals surface area contributed by atoms with Crippen LogP contribution >= 0.6 is 0 Å². The average molecular weight is 259 g/mol. The fraction of sp³-hybridized carbons (Fsp3) is 0.667. The third-order valence-electron chi connectivity index (χ3n) is 4.39. The van der Waals surface area contributed by atoms with Crippen molar-refractivity contribution in [2.45, 2.75) is 64.8 Å². The second-order valence-electron chi connectivity index (χ2n) is 5.99. The molecule has 1 aromatic carbocycles. The van der Waals surface area contributed by atoms with Gasteiger partial charge < -0.3 is 5.32 Å². The van der Waals surface area contributed by atoms with Crippen molar-refractivity contribution in [3.63, 3.8) is 0 Å². The van der Waals surface area contributed by atoms with E-state index >= 15 is 0 Å². The summed E-state index contributed by atoms with van der Waals surface area (Å²) in [4.78, 5) is 0. The Bertz CT molecular complexity index is 366. The van der Waals surface area contributed by atoms with E-state index in [4.69, 9.17) is 0 Å². The van der Waals surface area contributed by atoms with Gasteiger partial charge in [-0.3, -0.25) is 0 Å². The third-order valence-corrected chi connectivity index (χ3v) is 4.39. The maximum absolute atomic E-state index is 3.70. The van der Waals surface area contributed by atoms with Gasteiger partial charge >= 0.3 is 0 Å². The number of hydrogen-bond acceptors (Lipinski definition) is 1. The highest BCUT2D eigenvalue weighted by molar-refractivity contribution is 5.26. The number of hydrogen-bond donors (Lipinski definition) is 1. The fourth-order valence-electron chi connectivity index (χ4n) is 3.42. The van der Waals surface area contributed by atoms with Crippen LogP contribution in [-0.2, 0) is 6.42 Å². The lowest BCUT2D eigenvalue weighted by molar-refractivity contribution is 0.400. The first-order valence-electron chi connectivity index (χ1n) is 8.15. The molecule has 1 heteroatoms. The summed E-state index contributed by atoms with van der Waals surface area (Å²) in [5.74, 6) is 0.943. The van der Waals surface area contributed by atoms with Crippen molar-refractivity contribution in [1.29, 1.82) is 0 Å². The molecule has 19 heavy (non-hydrogen) atoms. The van der Waals surface area contributed by atoms with Gasteiger partial charge in [-0.1, -0.05) is 70.2 Å². The summed E-state index contributed by atoms with van der Waals surface area (Å²) in [5, 5.41) is 3.70. The Morgan fingerprint density at radius 2 is 2.00 bits per heavy atom. The van der Waals surface area contributed by atoms with Crippen molar-refractivity contribution in [3.05, 3.63) is 35.4 Å². The van der Waals surface area contributed by atoms with E-state index in [1.165, 1.54) is 56.1 Å². The molecular weight excluding hydrogens is 230 g/mol. The molecule has 0 spiro atoms. The Morgan fingerprint density at radius 1 is 1.21 bits per heavy atom. The lowest BCUT2D eigenvalue weighted by Crippen LogP contribution is -2.23. The van der Waals surface area contributed by atoms with Crippen LogP contribution in [0.5, 0.6) is 0 Å². The van der Waals surface area contributed by atoms with Crippen molar-refractivity contribution in [1.82, 2.24) is 5.32 Å². The fourth-order valence-corrected chi connectivity index (χ4v) is 3.42. The molecule has 1 unspecified atom stereocenters.